The highest BCUT2D eigenvalue weighted by Gasteiger charge is 2.39. The van der Waals surface area contributed by atoms with Crippen LogP contribution in [0.2, 0.25) is 0 Å². The number of carbonyl (C=O) groups is 3. The van der Waals surface area contributed by atoms with Gasteiger partial charge in [0.25, 0.3) is 11.8 Å². The molecule has 3 amide bonds. The second-order valence-electron chi connectivity index (χ2n) is 8.09. The standard InChI is InChI=1S/C24H29N3O5S/c1-4-21(28)26-13-15-27(16-14-26)24(30)23(25-22(29)20-8-6-5-7-18(20)3)33(31,32)19-11-9-17(2)10-12-19/h5-12,23H,4,13-16H2,1-3H3,(H,25,29)/t23-/m1/s1. The number of nitrogens with one attached hydrogen (secondary N) is 1. The molecule has 1 aliphatic rings. The van der Waals surface area contributed by atoms with E-state index in [2.05, 4.69) is 5.32 Å². The van der Waals surface area contributed by atoms with Crippen molar-refractivity contribution in [1.29, 1.82) is 0 Å². The van der Waals surface area contributed by atoms with Gasteiger partial charge in [0.15, 0.2) is 0 Å². The van der Waals surface area contributed by atoms with Crippen LogP contribution in [-0.4, -0.2) is 67.5 Å². The van der Waals surface area contributed by atoms with Crippen molar-refractivity contribution in [2.45, 2.75) is 37.5 Å². The van der Waals surface area contributed by atoms with E-state index in [-0.39, 0.29) is 23.9 Å². The molecular weight excluding hydrogens is 442 g/mol. The minimum Gasteiger partial charge on any atom is -0.339 e. The average Bonchev–Trinajstić information content (AvgIpc) is 2.82. The molecule has 1 N–H and O–H groups in total. The quantitative estimate of drug-likeness (QED) is 0.693. The highest BCUT2D eigenvalue weighted by atomic mass is 32.2. The molecule has 1 atom stereocenters. The lowest BCUT2D eigenvalue weighted by Crippen LogP contribution is -2.57. The van der Waals surface area contributed by atoms with Crippen LogP contribution in [0.4, 0.5) is 0 Å². The Morgan fingerprint density at radius 1 is 0.909 bits per heavy atom. The second-order valence-corrected chi connectivity index (χ2v) is 10.1. The summed E-state index contributed by atoms with van der Waals surface area (Å²) >= 11 is 0. The van der Waals surface area contributed by atoms with Crippen molar-refractivity contribution >= 4 is 27.6 Å². The molecule has 0 spiro atoms. The van der Waals surface area contributed by atoms with E-state index in [9.17, 15) is 22.8 Å². The highest BCUT2D eigenvalue weighted by molar-refractivity contribution is 7.92. The topological polar surface area (TPSA) is 104 Å². The second kappa shape index (κ2) is 10.2. The third-order valence-electron chi connectivity index (χ3n) is 5.78. The van der Waals surface area contributed by atoms with Gasteiger partial charge in [-0.1, -0.05) is 42.8 Å². The van der Waals surface area contributed by atoms with Gasteiger partial charge in [-0.05, 0) is 37.6 Å². The Labute approximate surface area is 194 Å². The number of nitrogens with zero attached hydrogens (tertiary/aromatic N) is 2. The maximum Gasteiger partial charge on any atom is 0.261 e. The van der Waals surface area contributed by atoms with E-state index in [4.69, 9.17) is 0 Å². The van der Waals surface area contributed by atoms with Crippen LogP contribution in [0.15, 0.2) is 53.4 Å². The predicted octanol–water partition coefficient (Wildman–Crippen LogP) is 1.91. The van der Waals surface area contributed by atoms with Gasteiger partial charge in [0.05, 0.1) is 4.90 Å². The molecular formula is C24H29N3O5S. The summed E-state index contributed by atoms with van der Waals surface area (Å²) < 4.78 is 26.9. The Bertz CT molecular complexity index is 1140. The van der Waals surface area contributed by atoms with Crippen LogP contribution in [0.3, 0.4) is 0 Å². The van der Waals surface area contributed by atoms with E-state index in [1.807, 2.05) is 6.92 Å². The summed E-state index contributed by atoms with van der Waals surface area (Å²) in [4.78, 5) is 41.3. The molecule has 0 unspecified atom stereocenters. The molecule has 33 heavy (non-hydrogen) atoms. The number of aryl methyl sites for hydroxylation is 2. The zero-order valence-corrected chi connectivity index (χ0v) is 19.9. The zero-order valence-electron chi connectivity index (χ0n) is 19.1. The van der Waals surface area contributed by atoms with E-state index in [0.29, 0.717) is 30.6 Å². The number of piperazine rings is 1. The lowest BCUT2D eigenvalue weighted by Gasteiger charge is -2.36. The fraction of sp³-hybridized carbons (Fsp3) is 0.375. The Morgan fingerprint density at radius 3 is 2.06 bits per heavy atom. The molecule has 0 radical (unpaired) electrons. The van der Waals surface area contributed by atoms with Crippen LogP contribution < -0.4 is 5.32 Å². The summed E-state index contributed by atoms with van der Waals surface area (Å²) in [5.74, 6) is -1.36. The monoisotopic (exact) mass is 471 g/mol. The van der Waals surface area contributed by atoms with Gasteiger partial charge in [-0.25, -0.2) is 8.42 Å². The Morgan fingerprint density at radius 2 is 1.48 bits per heavy atom. The number of rotatable bonds is 6. The molecule has 2 aromatic rings. The fourth-order valence-electron chi connectivity index (χ4n) is 3.73. The maximum absolute atomic E-state index is 13.5. The Kier molecular flexibility index (Phi) is 7.53. The van der Waals surface area contributed by atoms with Crippen molar-refractivity contribution in [2.24, 2.45) is 0 Å². The fourth-order valence-corrected chi connectivity index (χ4v) is 5.19. The highest BCUT2D eigenvalue weighted by Crippen LogP contribution is 2.19. The van der Waals surface area contributed by atoms with Crippen molar-refractivity contribution in [1.82, 2.24) is 15.1 Å². The van der Waals surface area contributed by atoms with E-state index < -0.39 is 27.0 Å². The predicted molar refractivity (Wildman–Crippen MR) is 124 cm³/mol. The summed E-state index contributed by atoms with van der Waals surface area (Å²) in [6.45, 7) is 6.38. The van der Waals surface area contributed by atoms with E-state index in [1.165, 1.54) is 17.0 Å². The lowest BCUT2D eigenvalue weighted by atomic mass is 10.1. The van der Waals surface area contributed by atoms with E-state index in [1.54, 1.807) is 55.1 Å². The summed E-state index contributed by atoms with van der Waals surface area (Å²) in [5, 5.41) is 0.694. The smallest absolute Gasteiger partial charge is 0.261 e. The first-order chi connectivity index (χ1) is 15.6. The summed E-state index contributed by atoms with van der Waals surface area (Å²) in [6, 6.07) is 12.9. The zero-order chi connectivity index (χ0) is 24.2. The third kappa shape index (κ3) is 5.42. The van der Waals surface area contributed by atoms with Crippen LogP contribution in [0, 0.1) is 13.8 Å². The van der Waals surface area contributed by atoms with E-state index in [0.717, 1.165) is 5.56 Å². The number of carbonyl (C=O) groups excluding carboxylic acids is 3. The number of hydrogen-bond donors (Lipinski definition) is 1. The van der Waals surface area contributed by atoms with Gasteiger partial charge in [0.1, 0.15) is 0 Å². The van der Waals surface area contributed by atoms with Crippen LogP contribution in [0.5, 0.6) is 0 Å². The molecule has 8 nitrogen and oxygen atoms in total. The summed E-state index contributed by atoms with van der Waals surface area (Å²) in [5.41, 5.74) is 1.84. The van der Waals surface area contributed by atoms with Crippen LogP contribution in [0.25, 0.3) is 0 Å². The first-order valence-corrected chi connectivity index (χ1v) is 12.4. The Hall–Kier alpha value is -3.20. The van der Waals surface area contributed by atoms with E-state index >= 15 is 0 Å². The molecule has 0 bridgehead atoms. The minimum absolute atomic E-state index is 0.0150. The van der Waals surface area contributed by atoms with Crippen LogP contribution >= 0.6 is 0 Å². The SMILES string of the molecule is CCC(=O)N1CCN(C(=O)[C@H](NC(=O)c2ccccc2C)S(=O)(=O)c2ccc(C)cc2)CC1. The number of amides is 3. The molecule has 1 heterocycles. The van der Waals surface area contributed by atoms with Crippen molar-refractivity contribution in [3.05, 3.63) is 65.2 Å². The molecule has 9 heteroatoms. The van der Waals surface area contributed by atoms with Gasteiger partial charge >= 0.3 is 0 Å². The first kappa shape index (κ1) is 24.4. The summed E-state index contributed by atoms with van der Waals surface area (Å²) in [6.07, 6.45) is 0.366. The van der Waals surface area contributed by atoms with Gasteiger partial charge in [0.2, 0.25) is 21.1 Å². The molecule has 1 saturated heterocycles. The number of benzene rings is 2. The first-order valence-electron chi connectivity index (χ1n) is 10.9. The third-order valence-corrected chi connectivity index (χ3v) is 7.65. The van der Waals surface area contributed by atoms with Crippen LogP contribution in [-0.2, 0) is 19.4 Å². The van der Waals surface area contributed by atoms with Gasteiger partial charge in [-0.3, -0.25) is 14.4 Å². The maximum atomic E-state index is 13.5. The van der Waals surface area contributed by atoms with Crippen molar-refractivity contribution < 1.29 is 22.8 Å². The van der Waals surface area contributed by atoms with Crippen molar-refractivity contribution in [3.63, 3.8) is 0 Å². The van der Waals surface area contributed by atoms with Crippen molar-refractivity contribution in [3.8, 4) is 0 Å². The number of hydrogen-bond acceptors (Lipinski definition) is 5. The van der Waals surface area contributed by atoms with Crippen molar-refractivity contribution in [2.75, 3.05) is 26.2 Å². The molecule has 1 aliphatic heterocycles. The molecule has 1 fully saturated rings. The molecule has 0 aliphatic carbocycles. The summed E-state index contributed by atoms with van der Waals surface area (Å²) in [7, 11) is -4.22. The lowest BCUT2D eigenvalue weighted by molar-refractivity contribution is -0.139. The van der Waals surface area contributed by atoms with Gasteiger partial charge in [-0.2, -0.15) is 0 Å². The normalized spacial score (nSPS) is 15.1. The number of sulfone groups is 1. The largest absolute Gasteiger partial charge is 0.339 e. The minimum atomic E-state index is -4.22. The van der Waals surface area contributed by atoms with Gasteiger partial charge < -0.3 is 15.1 Å². The van der Waals surface area contributed by atoms with Crippen LogP contribution in [0.1, 0.15) is 34.8 Å². The molecule has 2 aromatic carbocycles. The van der Waals surface area contributed by atoms with Gasteiger partial charge in [0, 0.05) is 38.2 Å². The van der Waals surface area contributed by atoms with Gasteiger partial charge in [-0.15, -0.1) is 0 Å². The Balaban J connectivity index is 1.91. The molecule has 3 rings (SSSR count). The molecule has 0 aromatic heterocycles. The molecule has 0 saturated carbocycles. The molecule has 176 valence electrons. The average molecular weight is 472 g/mol.